The van der Waals surface area contributed by atoms with E-state index in [0.29, 0.717) is 11.6 Å². The summed E-state index contributed by atoms with van der Waals surface area (Å²) in [6.07, 6.45) is 0. The Balaban J connectivity index is 1.77. The van der Waals surface area contributed by atoms with Gasteiger partial charge in [0.15, 0.2) is 0 Å². The first-order chi connectivity index (χ1) is 8.25. The molecule has 0 radical (unpaired) electrons. The summed E-state index contributed by atoms with van der Waals surface area (Å²) in [5.74, 6) is 0.785. The highest BCUT2D eigenvalue weighted by Gasteiger charge is 2.09. The Morgan fingerprint density at radius 2 is 2.12 bits per heavy atom. The van der Waals surface area contributed by atoms with E-state index in [4.69, 9.17) is 16.3 Å². The third-order valence-corrected chi connectivity index (χ3v) is 3.26. The van der Waals surface area contributed by atoms with E-state index >= 15 is 0 Å². The monoisotopic (exact) mass is 254 g/mol. The minimum absolute atomic E-state index is 0.697. The number of piperazine rings is 1. The fraction of sp³-hybridized carbons (Fsp3) is 0.538. The highest BCUT2D eigenvalue weighted by molar-refractivity contribution is 6.32. The van der Waals surface area contributed by atoms with Gasteiger partial charge in [-0.05, 0) is 24.6 Å². The summed E-state index contributed by atoms with van der Waals surface area (Å²) in [4.78, 5) is 2.40. The molecule has 1 aliphatic heterocycles. The number of rotatable bonds is 4. The van der Waals surface area contributed by atoms with Crippen LogP contribution >= 0.6 is 11.6 Å². The van der Waals surface area contributed by atoms with Crippen molar-refractivity contribution in [2.24, 2.45) is 0 Å². The second-order valence-electron chi connectivity index (χ2n) is 4.37. The fourth-order valence-electron chi connectivity index (χ4n) is 1.94. The molecule has 1 aromatic carbocycles. The van der Waals surface area contributed by atoms with Crippen molar-refractivity contribution in [2.75, 3.05) is 39.3 Å². The lowest BCUT2D eigenvalue weighted by atomic mass is 10.2. The van der Waals surface area contributed by atoms with Gasteiger partial charge in [-0.15, -0.1) is 0 Å². The summed E-state index contributed by atoms with van der Waals surface area (Å²) in [5.41, 5.74) is 1.16. The second kappa shape index (κ2) is 6.24. The highest BCUT2D eigenvalue weighted by Crippen LogP contribution is 2.24. The Labute approximate surface area is 108 Å². The molecule has 0 unspecified atom stereocenters. The van der Waals surface area contributed by atoms with Gasteiger partial charge in [0.1, 0.15) is 12.4 Å². The normalized spacial score (nSPS) is 17.1. The summed E-state index contributed by atoms with van der Waals surface area (Å²) in [6.45, 7) is 8.04. The first kappa shape index (κ1) is 12.7. The van der Waals surface area contributed by atoms with Crippen LogP contribution in [0.5, 0.6) is 5.75 Å². The molecule has 1 fully saturated rings. The van der Waals surface area contributed by atoms with E-state index in [0.717, 1.165) is 44.0 Å². The molecule has 94 valence electrons. The van der Waals surface area contributed by atoms with Crippen LogP contribution in [0.15, 0.2) is 18.2 Å². The molecule has 3 nitrogen and oxygen atoms in total. The van der Waals surface area contributed by atoms with Crippen LogP contribution in [0.3, 0.4) is 0 Å². The molecule has 0 bridgehead atoms. The van der Waals surface area contributed by atoms with Gasteiger partial charge in [-0.3, -0.25) is 4.90 Å². The van der Waals surface area contributed by atoms with Crippen molar-refractivity contribution in [2.45, 2.75) is 6.92 Å². The predicted molar refractivity (Wildman–Crippen MR) is 71.0 cm³/mol. The molecule has 0 amide bonds. The average Bonchev–Trinajstić information content (AvgIpc) is 2.33. The number of nitrogens with zero attached hydrogens (tertiary/aromatic N) is 1. The molecule has 1 heterocycles. The standard InChI is InChI=1S/C13H19ClN2O/c1-11-2-3-13(12(14)10-11)17-9-8-16-6-4-15-5-7-16/h2-3,10,15H,4-9H2,1H3. The van der Waals surface area contributed by atoms with Crippen molar-refractivity contribution < 1.29 is 4.74 Å². The molecule has 0 aliphatic carbocycles. The van der Waals surface area contributed by atoms with E-state index in [9.17, 15) is 0 Å². The molecule has 1 aromatic rings. The van der Waals surface area contributed by atoms with Gasteiger partial charge < -0.3 is 10.1 Å². The van der Waals surface area contributed by atoms with E-state index in [1.807, 2.05) is 25.1 Å². The lowest BCUT2D eigenvalue weighted by molar-refractivity contribution is 0.191. The largest absolute Gasteiger partial charge is 0.491 e. The van der Waals surface area contributed by atoms with Gasteiger partial charge in [0.25, 0.3) is 0 Å². The number of hydrogen-bond donors (Lipinski definition) is 1. The minimum atomic E-state index is 0.697. The summed E-state index contributed by atoms with van der Waals surface area (Å²) in [5, 5.41) is 4.03. The third kappa shape index (κ3) is 3.87. The van der Waals surface area contributed by atoms with Crippen molar-refractivity contribution in [3.63, 3.8) is 0 Å². The topological polar surface area (TPSA) is 24.5 Å². The lowest BCUT2D eigenvalue weighted by Crippen LogP contribution is -2.44. The molecular formula is C13H19ClN2O. The first-order valence-corrected chi connectivity index (χ1v) is 6.45. The molecular weight excluding hydrogens is 236 g/mol. The van der Waals surface area contributed by atoms with Crippen LogP contribution in [0.4, 0.5) is 0 Å². The van der Waals surface area contributed by atoms with Gasteiger partial charge in [-0.25, -0.2) is 0 Å². The van der Waals surface area contributed by atoms with Crippen molar-refractivity contribution in [3.05, 3.63) is 28.8 Å². The van der Waals surface area contributed by atoms with Crippen LogP contribution in [-0.4, -0.2) is 44.2 Å². The lowest BCUT2D eigenvalue weighted by Gasteiger charge is -2.27. The van der Waals surface area contributed by atoms with E-state index in [1.54, 1.807) is 0 Å². The molecule has 0 spiro atoms. The zero-order chi connectivity index (χ0) is 12.1. The van der Waals surface area contributed by atoms with E-state index in [2.05, 4.69) is 10.2 Å². The maximum Gasteiger partial charge on any atom is 0.137 e. The van der Waals surface area contributed by atoms with Crippen LogP contribution in [0.2, 0.25) is 5.02 Å². The van der Waals surface area contributed by atoms with Crippen LogP contribution < -0.4 is 10.1 Å². The van der Waals surface area contributed by atoms with Gasteiger partial charge in [-0.1, -0.05) is 17.7 Å². The smallest absolute Gasteiger partial charge is 0.137 e. The number of ether oxygens (including phenoxy) is 1. The fourth-order valence-corrected chi connectivity index (χ4v) is 2.23. The molecule has 4 heteroatoms. The molecule has 0 aromatic heterocycles. The number of nitrogens with one attached hydrogen (secondary N) is 1. The van der Waals surface area contributed by atoms with Gasteiger partial charge in [0.05, 0.1) is 5.02 Å². The number of hydrogen-bond acceptors (Lipinski definition) is 3. The zero-order valence-electron chi connectivity index (χ0n) is 10.2. The predicted octanol–water partition coefficient (Wildman–Crippen LogP) is 1.93. The van der Waals surface area contributed by atoms with E-state index in [-0.39, 0.29) is 0 Å². The maximum absolute atomic E-state index is 6.10. The molecule has 1 N–H and O–H groups in total. The van der Waals surface area contributed by atoms with Gasteiger partial charge >= 0.3 is 0 Å². The van der Waals surface area contributed by atoms with Crippen molar-refractivity contribution in [1.29, 1.82) is 0 Å². The minimum Gasteiger partial charge on any atom is -0.491 e. The maximum atomic E-state index is 6.10. The second-order valence-corrected chi connectivity index (χ2v) is 4.78. The molecule has 17 heavy (non-hydrogen) atoms. The Kier molecular flexibility index (Phi) is 4.66. The summed E-state index contributed by atoms with van der Waals surface area (Å²) in [6, 6.07) is 5.89. The molecule has 0 saturated carbocycles. The number of aryl methyl sites for hydroxylation is 1. The van der Waals surface area contributed by atoms with Crippen molar-refractivity contribution in [3.8, 4) is 5.75 Å². The van der Waals surface area contributed by atoms with Crippen LogP contribution in [0.1, 0.15) is 5.56 Å². The highest BCUT2D eigenvalue weighted by atomic mass is 35.5. The Hall–Kier alpha value is -0.770. The Morgan fingerprint density at radius 1 is 1.35 bits per heavy atom. The quantitative estimate of drug-likeness (QED) is 0.889. The summed E-state index contributed by atoms with van der Waals surface area (Å²) >= 11 is 6.10. The van der Waals surface area contributed by atoms with Gasteiger partial charge in [0.2, 0.25) is 0 Å². The summed E-state index contributed by atoms with van der Waals surface area (Å²) < 4.78 is 5.70. The summed E-state index contributed by atoms with van der Waals surface area (Å²) in [7, 11) is 0. The number of halogens is 1. The van der Waals surface area contributed by atoms with Crippen LogP contribution in [0.25, 0.3) is 0 Å². The van der Waals surface area contributed by atoms with Crippen molar-refractivity contribution in [1.82, 2.24) is 10.2 Å². The first-order valence-electron chi connectivity index (χ1n) is 6.08. The van der Waals surface area contributed by atoms with Gasteiger partial charge in [-0.2, -0.15) is 0 Å². The van der Waals surface area contributed by atoms with Gasteiger partial charge in [0, 0.05) is 32.7 Å². The van der Waals surface area contributed by atoms with E-state index < -0.39 is 0 Å². The average molecular weight is 255 g/mol. The third-order valence-electron chi connectivity index (χ3n) is 2.96. The van der Waals surface area contributed by atoms with Crippen LogP contribution in [-0.2, 0) is 0 Å². The van der Waals surface area contributed by atoms with Crippen molar-refractivity contribution >= 4 is 11.6 Å². The number of benzene rings is 1. The molecule has 1 saturated heterocycles. The molecule has 0 atom stereocenters. The SMILES string of the molecule is Cc1ccc(OCCN2CCNCC2)c(Cl)c1. The molecule has 2 rings (SSSR count). The Morgan fingerprint density at radius 3 is 2.82 bits per heavy atom. The Bertz CT molecular complexity index is 364. The van der Waals surface area contributed by atoms with Crippen LogP contribution in [0, 0.1) is 6.92 Å². The molecule has 1 aliphatic rings. The zero-order valence-corrected chi connectivity index (χ0v) is 11.0. The van der Waals surface area contributed by atoms with E-state index in [1.165, 1.54) is 0 Å².